The van der Waals surface area contributed by atoms with E-state index < -0.39 is 0 Å². The van der Waals surface area contributed by atoms with Crippen LogP contribution in [-0.4, -0.2) is 22.1 Å². The standard InChI is InChI=1S/C17H13N3OS3/c1-9-18-14-13(23-9)8-7-11-15(14)24-17(19-11)20-16(21)10-5-3-4-6-12(10)22-2/h3-8H,1-2H3,(H,19,20,21). The number of thiazole rings is 2. The lowest BCUT2D eigenvalue weighted by Crippen LogP contribution is -2.12. The van der Waals surface area contributed by atoms with Crippen molar-refractivity contribution in [2.24, 2.45) is 0 Å². The Morgan fingerprint density at radius 2 is 1.96 bits per heavy atom. The lowest BCUT2D eigenvalue weighted by atomic mass is 10.2. The molecule has 4 aromatic rings. The predicted octanol–water partition coefficient (Wildman–Crippen LogP) is 5.19. The van der Waals surface area contributed by atoms with Gasteiger partial charge in [-0.1, -0.05) is 23.5 Å². The summed E-state index contributed by atoms with van der Waals surface area (Å²) >= 11 is 4.70. The molecule has 0 spiro atoms. The molecular formula is C17H13N3OS3. The summed E-state index contributed by atoms with van der Waals surface area (Å²) in [4.78, 5) is 22.6. The first-order valence-electron chi connectivity index (χ1n) is 7.27. The van der Waals surface area contributed by atoms with E-state index in [1.165, 1.54) is 11.3 Å². The molecule has 0 aliphatic carbocycles. The molecule has 0 fully saturated rings. The van der Waals surface area contributed by atoms with Crippen LogP contribution in [0.1, 0.15) is 15.4 Å². The van der Waals surface area contributed by atoms with Crippen LogP contribution in [0.5, 0.6) is 0 Å². The smallest absolute Gasteiger partial charge is 0.258 e. The summed E-state index contributed by atoms with van der Waals surface area (Å²) in [5, 5.41) is 4.56. The summed E-state index contributed by atoms with van der Waals surface area (Å²) in [6.45, 7) is 2.00. The van der Waals surface area contributed by atoms with Crippen LogP contribution in [0.4, 0.5) is 5.13 Å². The summed E-state index contributed by atoms with van der Waals surface area (Å²) in [6.07, 6.45) is 1.96. The minimum Gasteiger partial charge on any atom is -0.298 e. The van der Waals surface area contributed by atoms with Gasteiger partial charge in [0.25, 0.3) is 5.91 Å². The third-order valence-corrected chi connectivity index (χ3v) is 6.32. The molecule has 1 amide bonds. The van der Waals surface area contributed by atoms with E-state index in [1.54, 1.807) is 23.1 Å². The molecule has 4 rings (SSSR count). The van der Waals surface area contributed by atoms with Crippen molar-refractivity contribution in [3.8, 4) is 0 Å². The zero-order chi connectivity index (χ0) is 16.7. The Morgan fingerprint density at radius 1 is 1.12 bits per heavy atom. The van der Waals surface area contributed by atoms with Crippen LogP contribution in [0, 0.1) is 6.92 Å². The number of carbonyl (C=O) groups is 1. The summed E-state index contributed by atoms with van der Waals surface area (Å²) < 4.78 is 2.17. The van der Waals surface area contributed by atoms with E-state index >= 15 is 0 Å². The van der Waals surface area contributed by atoms with Crippen LogP contribution in [0.2, 0.25) is 0 Å². The highest BCUT2D eigenvalue weighted by Gasteiger charge is 2.15. The Labute approximate surface area is 151 Å². The highest BCUT2D eigenvalue weighted by molar-refractivity contribution is 7.98. The van der Waals surface area contributed by atoms with Gasteiger partial charge in [0, 0.05) is 4.90 Å². The summed E-state index contributed by atoms with van der Waals surface area (Å²) in [5.41, 5.74) is 2.50. The molecule has 0 aliphatic heterocycles. The molecular weight excluding hydrogens is 358 g/mol. The number of aromatic nitrogens is 2. The molecule has 0 aliphatic rings. The van der Waals surface area contributed by atoms with Crippen LogP contribution in [-0.2, 0) is 0 Å². The molecule has 120 valence electrons. The maximum atomic E-state index is 12.6. The van der Waals surface area contributed by atoms with E-state index in [1.807, 2.05) is 49.6 Å². The minimum atomic E-state index is -0.135. The second-order valence-electron chi connectivity index (χ2n) is 5.17. The molecule has 24 heavy (non-hydrogen) atoms. The third-order valence-electron chi connectivity index (χ3n) is 3.59. The Morgan fingerprint density at radius 3 is 2.79 bits per heavy atom. The lowest BCUT2D eigenvalue weighted by molar-refractivity contribution is 0.102. The number of hydrogen-bond donors (Lipinski definition) is 1. The number of nitrogens with zero attached hydrogens (tertiary/aromatic N) is 2. The van der Waals surface area contributed by atoms with Crippen molar-refractivity contribution in [3.63, 3.8) is 0 Å². The number of amides is 1. The zero-order valence-corrected chi connectivity index (χ0v) is 15.4. The maximum Gasteiger partial charge on any atom is 0.258 e. The minimum absolute atomic E-state index is 0.135. The lowest BCUT2D eigenvalue weighted by Gasteiger charge is -2.05. The van der Waals surface area contributed by atoms with E-state index in [0.717, 1.165) is 30.3 Å². The molecule has 2 heterocycles. The molecule has 2 aromatic carbocycles. The first kappa shape index (κ1) is 15.6. The molecule has 0 atom stereocenters. The number of thioether (sulfide) groups is 1. The first-order chi connectivity index (χ1) is 11.7. The highest BCUT2D eigenvalue weighted by atomic mass is 32.2. The topological polar surface area (TPSA) is 54.9 Å². The molecule has 0 saturated carbocycles. The van der Waals surface area contributed by atoms with Crippen molar-refractivity contribution in [1.29, 1.82) is 0 Å². The van der Waals surface area contributed by atoms with Crippen LogP contribution < -0.4 is 5.32 Å². The van der Waals surface area contributed by atoms with E-state index in [2.05, 4.69) is 15.3 Å². The zero-order valence-electron chi connectivity index (χ0n) is 13.0. The van der Waals surface area contributed by atoms with Crippen molar-refractivity contribution < 1.29 is 4.79 Å². The van der Waals surface area contributed by atoms with Crippen LogP contribution in [0.3, 0.4) is 0 Å². The molecule has 4 nitrogen and oxygen atoms in total. The fraction of sp³-hybridized carbons (Fsp3) is 0.118. The number of hydrogen-bond acceptors (Lipinski definition) is 6. The van der Waals surface area contributed by atoms with Gasteiger partial charge in [-0.15, -0.1) is 23.1 Å². The van der Waals surface area contributed by atoms with Crippen molar-refractivity contribution in [3.05, 3.63) is 47.0 Å². The van der Waals surface area contributed by atoms with Gasteiger partial charge in [0.1, 0.15) is 5.52 Å². The third kappa shape index (κ3) is 2.68. The van der Waals surface area contributed by atoms with E-state index in [-0.39, 0.29) is 5.91 Å². The van der Waals surface area contributed by atoms with Crippen LogP contribution in [0.15, 0.2) is 41.3 Å². The van der Waals surface area contributed by atoms with Gasteiger partial charge in [-0.05, 0) is 37.4 Å². The number of rotatable bonds is 3. The molecule has 0 radical (unpaired) electrons. The van der Waals surface area contributed by atoms with Crippen molar-refractivity contribution >= 4 is 65.9 Å². The molecule has 0 saturated heterocycles. The normalized spacial score (nSPS) is 11.2. The van der Waals surface area contributed by atoms with E-state index in [4.69, 9.17) is 0 Å². The van der Waals surface area contributed by atoms with Gasteiger partial charge in [0.15, 0.2) is 5.13 Å². The van der Waals surface area contributed by atoms with Gasteiger partial charge in [-0.25, -0.2) is 9.97 Å². The van der Waals surface area contributed by atoms with Crippen molar-refractivity contribution in [1.82, 2.24) is 9.97 Å². The number of aryl methyl sites for hydroxylation is 1. The highest BCUT2D eigenvalue weighted by Crippen LogP contribution is 2.35. The molecule has 2 aromatic heterocycles. The number of benzene rings is 2. The largest absolute Gasteiger partial charge is 0.298 e. The van der Waals surface area contributed by atoms with Gasteiger partial charge in [-0.3, -0.25) is 10.1 Å². The second-order valence-corrected chi connectivity index (χ2v) is 8.25. The summed E-state index contributed by atoms with van der Waals surface area (Å²) in [7, 11) is 0. The second kappa shape index (κ2) is 6.16. The molecule has 1 N–H and O–H groups in total. The van der Waals surface area contributed by atoms with Gasteiger partial charge < -0.3 is 0 Å². The van der Waals surface area contributed by atoms with Gasteiger partial charge >= 0.3 is 0 Å². The summed E-state index contributed by atoms with van der Waals surface area (Å²) in [5.74, 6) is -0.135. The fourth-order valence-electron chi connectivity index (χ4n) is 2.54. The SMILES string of the molecule is CSc1ccccc1C(=O)Nc1nc2ccc3sc(C)nc3c2s1. The average Bonchev–Trinajstić information content (AvgIpc) is 3.16. The number of nitrogens with one attached hydrogen (secondary N) is 1. The van der Waals surface area contributed by atoms with Gasteiger partial charge in [-0.2, -0.15) is 0 Å². The average molecular weight is 372 g/mol. The van der Waals surface area contributed by atoms with Gasteiger partial charge in [0.2, 0.25) is 0 Å². The molecule has 7 heteroatoms. The van der Waals surface area contributed by atoms with Crippen molar-refractivity contribution in [2.45, 2.75) is 11.8 Å². The Balaban J connectivity index is 1.72. The van der Waals surface area contributed by atoms with Crippen LogP contribution >= 0.6 is 34.4 Å². The number of fused-ring (bicyclic) bond motifs is 3. The molecule has 0 bridgehead atoms. The fourth-order valence-corrected chi connectivity index (χ4v) is 4.98. The van der Waals surface area contributed by atoms with Crippen molar-refractivity contribution in [2.75, 3.05) is 11.6 Å². The molecule has 0 unspecified atom stereocenters. The van der Waals surface area contributed by atoms with Gasteiger partial charge in [0.05, 0.1) is 25.5 Å². The monoisotopic (exact) mass is 371 g/mol. The quantitative estimate of drug-likeness (QED) is 0.504. The number of anilines is 1. The Hall–Kier alpha value is -1.96. The first-order valence-corrected chi connectivity index (χ1v) is 10.1. The Kier molecular flexibility index (Phi) is 3.99. The summed E-state index contributed by atoms with van der Waals surface area (Å²) in [6, 6.07) is 11.6. The Bertz CT molecular complexity index is 1070. The number of carbonyl (C=O) groups excluding carboxylic acids is 1. The van der Waals surface area contributed by atoms with E-state index in [0.29, 0.717) is 10.7 Å². The predicted molar refractivity (Wildman–Crippen MR) is 104 cm³/mol. The maximum absolute atomic E-state index is 12.6. The van der Waals surface area contributed by atoms with E-state index in [9.17, 15) is 4.79 Å². The van der Waals surface area contributed by atoms with Crippen LogP contribution in [0.25, 0.3) is 20.4 Å².